The molecule has 0 aliphatic carbocycles. The first-order chi connectivity index (χ1) is 16.3. The smallest absolute Gasteiger partial charge is 0.241 e. The van der Waals surface area contributed by atoms with E-state index in [0.29, 0.717) is 12.0 Å². The maximum absolute atomic E-state index is 13.8. The molecule has 0 saturated heterocycles. The number of Topliss-reactive ketones (excluding diaryl/α,β-unsaturated/α-hetero) is 1. The molecule has 1 N–H and O–H groups in total. The maximum atomic E-state index is 13.8. The van der Waals surface area contributed by atoms with E-state index >= 15 is 0 Å². The first-order valence-electron chi connectivity index (χ1n) is 12.6. The molecule has 0 aromatic heterocycles. The van der Waals surface area contributed by atoms with Gasteiger partial charge in [0, 0.05) is 5.56 Å². The molecule has 0 saturated carbocycles. The molecule has 5 nitrogen and oxygen atoms in total. The van der Waals surface area contributed by atoms with Crippen molar-refractivity contribution >= 4 is 24.1 Å². The summed E-state index contributed by atoms with van der Waals surface area (Å²) in [6.07, 6.45) is 4.15. The molecule has 0 spiro atoms. The molecule has 0 heterocycles. The van der Waals surface area contributed by atoms with Crippen LogP contribution in [0.1, 0.15) is 75.7 Å². The fraction of sp³-hybridized carbons (Fsp3) is 0.536. The Balaban J connectivity index is 2.50. The molecule has 0 aliphatic rings. The maximum Gasteiger partial charge on any atom is 0.241 e. The Labute approximate surface area is 213 Å². The Hall–Kier alpha value is -1.80. The van der Waals surface area contributed by atoms with Gasteiger partial charge in [-0.25, -0.2) is 8.42 Å². The summed E-state index contributed by atoms with van der Waals surface area (Å²) in [6, 6.07) is 14.6. The normalized spacial score (nSPS) is 14.5. The number of nitrogens with one attached hydrogen (secondary N) is 1. The largest absolute Gasteiger partial charge is 0.412 e. The summed E-state index contributed by atoms with van der Waals surface area (Å²) in [6.45, 7) is 14.8. The highest BCUT2D eigenvalue weighted by Gasteiger charge is 2.43. The zero-order chi connectivity index (χ0) is 26.3. The number of carbonyl (C=O) groups is 1. The summed E-state index contributed by atoms with van der Waals surface area (Å²) in [5.41, 5.74) is 1.44. The minimum absolute atomic E-state index is 0.0785. The van der Waals surface area contributed by atoms with Gasteiger partial charge in [-0.3, -0.25) is 4.79 Å². The van der Waals surface area contributed by atoms with Crippen molar-refractivity contribution < 1.29 is 17.6 Å². The molecular formula is C28H43NO4SSi. The molecule has 0 bridgehead atoms. The predicted octanol–water partition coefficient (Wildman–Crippen LogP) is 6.89. The number of ketones is 1. The van der Waals surface area contributed by atoms with Gasteiger partial charge in [-0.1, -0.05) is 101 Å². The Morgan fingerprint density at radius 1 is 0.971 bits per heavy atom. The highest BCUT2D eigenvalue weighted by molar-refractivity contribution is 7.89. The molecular weight excluding hydrogens is 474 g/mol. The van der Waals surface area contributed by atoms with Gasteiger partial charge in [-0.2, -0.15) is 4.72 Å². The average Bonchev–Trinajstić information content (AvgIpc) is 2.79. The van der Waals surface area contributed by atoms with E-state index in [0.717, 1.165) is 31.2 Å². The SMILES string of the molecule is CCCCCCC(O[Si](C)(C)C(C)(C)C)C(NS(=O)(=O)c1ccc(C)cc1)C(=O)c1ccccc1. The lowest BCUT2D eigenvalue weighted by Gasteiger charge is -2.41. The third-order valence-corrected chi connectivity index (χ3v) is 12.9. The van der Waals surface area contributed by atoms with E-state index in [1.807, 2.05) is 13.0 Å². The van der Waals surface area contributed by atoms with Gasteiger partial charge in [-0.05, 0) is 43.6 Å². The molecule has 2 atom stereocenters. The van der Waals surface area contributed by atoms with Crippen LogP contribution in [0.15, 0.2) is 59.5 Å². The standard InChI is InChI=1S/C28H43NO4SSi/c1-8-9-10-14-17-25(33-35(6,7)28(3,4)5)26(27(30)23-15-12-11-13-16-23)29-34(31,32)24-20-18-22(2)19-21-24/h11-13,15-16,18-21,25-26,29H,8-10,14,17H2,1-7H3. The Bertz CT molecular complexity index is 1040. The third kappa shape index (κ3) is 8.38. The van der Waals surface area contributed by atoms with E-state index in [9.17, 15) is 13.2 Å². The van der Waals surface area contributed by atoms with Crippen LogP contribution in [0.3, 0.4) is 0 Å². The topological polar surface area (TPSA) is 72.5 Å². The van der Waals surface area contributed by atoms with E-state index < -0.39 is 30.5 Å². The number of sulfonamides is 1. The Morgan fingerprint density at radius 3 is 2.11 bits per heavy atom. The van der Waals surface area contributed by atoms with Crippen molar-refractivity contribution in [3.05, 3.63) is 65.7 Å². The second-order valence-electron chi connectivity index (χ2n) is 10.9. The zero-order valence-electron chi connectivity index (χ0n) is 22.4. The summed E-state index contributed by atoms with van der Waals surface area (Å²) in [5, 5.41) is -0.0785. The van der Waals surface area contributed by atoms with Crippen LogP contribution >= 0.6 is 0 Å². The Kier molecular flexibility index (Phi) is 10.5. The highest BCUT2D eigenvalue weighted by Crippen LogP contribution is 2.38. The van der Waals surface area contributed by atoms with Gasteiger partial charge in [0.1, 0.15) is 6.04 Å². The molecule has 2 unspecified atom stereocenters. The zero-order valence-corrected chi connectivity index (χ0v) is 24.2. The fourth-order valence-corrected chi connectivity index (χ4v) is 6.24. The van der Waals surface area contributed by atoms with Crippen LogP contribution in [0.25, 0.3) is 0 Å². The minimum atomic E-state index is -3.94. The van der Waals surface area contributed by atoms with Crippen molar-refractivity contribution in [1.82, 2.24) is 4.72 Å². The summed E-state index contributed by atoms with van der Waals surface area (Å²) in [4.78, 5) is 13.9. The van der Waals surface area contributed by atoms with Crippen molar-refractivity contribution in [2.75, 3.05) is 0 Å². The quantitative estimate of drug-likeness (QED) is 0.178. The lowest BCUT2D eigenvalue weighted by molar-refractivity contribution is 0.0792. The van der Waals surface area contributed by atoms with E-state index in [2.05, 4.69) is 45.5 Å². The van der Waals surface area contributed by atoms with Crippen LogP contribution in [0, 0.1) is 6.92 Å². The highest BCUT2D eigenvalue weighted by atomic mass is 32.2. The molecule has 0 aliphatic heterocycles. The average molecular weight is 518 g/mol. The number of unbranched alkanes of at least 4 members (excludes halogenated alkanes) is 3. The predicted molar refractivity (Wildman–Crippen MR) is 147 cm³/mol. The molecule has 0 radical (unpaired) electrons. The number of benzene rings is 2. The van der Waals surface area contributed by atoms with Crippen molar-refractivity contribution in [2.24, 2.45) is 0 Å². The number of hydrogen-bond donors (Lipinski definition) is 1. The molecule has 2 rings (SSSR count). The second kappa shape index (κ2) is 12.4. The molecule has 7 heteroatoms. The van der Waals surface area contributed by atoms with Gasteiger partial charge in [0.25, 0.3) is 0 Å². The van der Waals surface area contributed by atoms with Crippen molar-refractivity contribution in [1.29, 1.82) is 0 Å². The minimum Gasteiger partial charge on any atom is -0.412 e. The van der Waals surface area contributed by atoms with Crippen LogP contribution in [-0.4, -0.2) is 34.7 Å². The molecule has 35 heavy (non-hydrogen) atoms. The van der Waals surface area contributed by atoms with E-state index in [-0.39, 0.29) is 15.7 Å². The monoisotopic (exact) mass is 517 g/mol. The second-order valence-corrected chi connectivity index (χ2v) is 17.4. The lowest BCUT2D eigenvalue weighted by Crippen LogP contribution is -2.54. The van der Waals surface area contributed by atoms with Crippen LogP contribution in [-0.2, 0) is 14.4 Å². The summed E-state index contributed by atoms with van der Waals surface area (Å²) >= 11 is 0. The van der Waals surface area contributed by atoms with Gasteiger partial charge in [0.2, 0.25) is 10.0 Å². The number of rotatable bonds is 13. The van der Waals surface area contributed by atoms with Crippen LogP contribution in [0.4, 0.5) is 0 Å². The van der Waals surface area contributed by atoms with Gasteiger partial charge in [-0.15, -0.1) is 0 Å². The number of carbonyl (C=O) groups excluding carboxylic acids is 1. The summed E-state index contributed by atoms with van der Waals surface area (Å²) < 4.78 is 36.4. The van der Waals surface area contributed by atoms with Gasteiger partial charge < -0.3 is 4.43 Å². The van der Waals surface area contributed by atoms with Gasteiger partial charge in [0.15, 0.2) is 14.1 Å². The lowest BCUT2D eigenvalue weighted by atomic mass is 9.96. The first-order valence-corrected chi connectivity index (χ1v) is 17.0. The summed E-state index contributed by atoms with van der Waals surface area (Å²) in [5.74, 6) is -0.263. The van der Waals surface area contributed by atoms with Crippen molar-refractivity contribution in [3.8, 4) is 0 Å². The third-order valence-electron chi connectivity index (χ3n) is 6.92. The fourth-order valence-electron chi connectivity index (χ4n) is 3.65. The summed E-state index contributed by atoms with van der Waals surface area (Å²) in [7, 11) is -6.23. The van der Waals surface area contributed by atoms with Crippen molar-refractivity contribution in [3.63, 3.8) is 0 Å². The van der Waals surface area contributed by atoms with Gasteiger partial charge >= 0.3 is 0 Å². The van der Waals surface area contributed by atoms with E-state index in [1.54, 1.807) is 48.5 Å². The van der Waals surface area contributed by atoms with Crippen LogP contribution in [0.2, 0.25) is 18.1 Å². The molecule has 2 aromatic rings. The van der Waals surface area contributed by atoms with Crippen molar-refractivity contribution in [2.45, 2.75) is 102 Å². The molecule has 194 valence electrons. The number of hydrogen-bond acceptors (Lipinski definition) is 4. The first kappa shape index (κ1) is 29.4. The molecule has 2 aromatic carbocycles. The van der Waals surface area contributed by atoms with E-state index in [1.165, 1.54) is 0 Å². The Morgan fingerprint density at radius 2 is 1.57 bits per heavy atom. The van der Waals surface area contributed by atoms with Crippen LogP contribution in [0.5, 0.6) is 0 Å². The molecule has 0 amide bonds. The van der Waals surface area contributed by atoms with Crippen LogP contribution < -0.4 is 4.72 Å². The molecule has 0 fully saturated rings. The van der Waals surface area contributed by atoms with E-state index in [4.69, 9.17) is 4.43 Å². The number of aryl methyl sites for hydroxylation is 1. The van der Waals surface area contributed by atoms with Gasteiger partial charge in [0.05, 0.1) is 11.0 Å².